The van der Waals surface area contributed by atoms with Crippen LogP contribution in [0.1, 0.15) is 44.7 Å². The molecule has 2 aromatic carbocycles. The summed E-state index contributed by atoms with van der Waals surface area (Å²) in [6.45, 7) is 6.88. The lowest BCUT2D eigenvalue weighted by Crippen LogP contribution is -2.53. The van der Waals surface area contributed by atoms with E-state index in [0.29, 0.717) is 38.3 Å². The fraction of sp³-hybridized carbons (Fsp3) is 0.440. The zero-order valence-electron chi connectivity index (χ0n) is 21.0. The maximum atomic E-state index is 13.7. The van der Waals surface area contributed by atoms with Gasteiger partial charge in [-0.05, 0) is 62.1 Å². The number of rotatable bonds is 11. The van der Waals surface area contributed by atoms with E-state index in [1.165, 1.54) is 11.0 Å². The van der Waals surface area contributed by atoms with Crippen LogP contribution in [-0.2, 0) is 26.2 Å². The minimum Gasteiger partial charge on any atom is -0.352 e. The summed E-state index contributed by atoms with van der Waals surface area (Å²) in [5.74, 6) is -0.859. The van der Waals surface area contributed by atoms with Gasteiger partial charge in [-0.2, -0.15) is 0 Å². The van der Waals surface area contributed by atoms with Crippen LogP contribution in [0.25, 0.3) is 0 Å². The summed E-state index contributed by atoms with van der Waals surface area (Å²) in [5.41, 5.74) is 1.58. The molecule has 0 radical (unpaired) electrons. The monoisotopic (exact) mass is 575 g/mol. The van der Waals surface area contributed by atoms with Crippen LogP contribution < -0.4 is 9.62 Å². The highest BCUT2D eigenvalue weighted by Crippen LogP contribution is 2.28. The molecule has 0 aliphatic carbocycles. The van der Waals surface area contributed by atoms with E-state index in [0.717, 1.165) is 17.0 Å². The highest BCUT2D eigenvalue weighted by molar-refractivity contribution is 7.92. The fourth-order valence-electron chi connectivity index (χ4n) is 3.64. The molecule has 2 rings (SSSR count). The first kappa shape index (κ1) is 30.2. The van der Waals surface area contributed by atoms with Crippen LogP contribution >= 0.6 is 34.8 Å². The van der Waals surface area contributed by atoms with Gasteiger partial charge in [0.25, 0.3) is 0 Å². The van der Waals surface area contributed by atoms with Crippen molar-refractivity contribution in [2.24, 2.45) is 0 Å². The molecule has 0 fully saturated rings. The normalized spacial score (nSPS) is 13.1. The molecule has 198 valence electrons. The highest BCUT2D eigenvalue weighted by Gasteiger charge is 2.32. The second kappa shape index (κ2) is 13.0. The van der Waals surface area contributed by atoms with E-state index in [-0.39, 0.29) is 18.5 Å². The van der Waals surface area contributed by atoms with E-state index in [9.17, 15) is 18.0 Å². The molecule has 0 aliphatic rings. The van der Waals surface area contributed by atoms with Gasteiger partial charge in [-0.15, -0.1) is 0 Å². The molecule has 2 amide bonds. The lowest BCUT2D eigenvalue weighted by atomic mass is 10.1. The molecule has 1 N–H and O–H groups in total. The number of aryl methyl sites for hydroxylation is 1. The van der Waals surface area contributed by atoms with Gasteiger partial charge >= 0.3 is 0 Å². The Kier molecular flexibility index (Phi) is 10.9. The zero-order chi connectivity index (χ0) is 27.2. The summed E-state index contributed by atoms with van der Waals surface area (Å²) in [4.78, 5) is 28.3. The Balaban J connectivity index is 2.51. The average Bonchev–Trinajstić information content (AvgIpc) is 2.80. The van der Waals surface area contributed by atoms with Crippen LogP contribution in [-0.4, -0.2) is 50.0 Å². The Bertz CT molecular complexity index is 1210. The van der Waals surface area contributed by atoms with E-state index < -0.39 is 28.5 Å². The largest absolute Gasteiger partial charge is 0.352 e. The van der Waals surface area contributed by atoms with E-state index in [4.69, 9.17) is 34.8 Å². The van der Waals surface area contributed by atoms with Crippen LogP contribution in [0.4, 0.5) is 5.69 Å². The molecule has 2 aromatic rings. The number of carbonyl (C=O) groups excluding carboxylic acids is 2. The maximum absolute atomic E-state index is 13.7. The molecular weight excluding hydrogens is 545 g/mol. The van der Waals surface area contributed by atoms with E-state index in [1.54, 1.807) is 44.2 Å². The summed E-state index contributed by atoms with van der Waals surface area (Å²) < 4.78 is 26.5. The van der Waals surface area contributed by atoms with Crippen LogP contribution in [0.5, 0.6) is 0 Å². The van der Waals surface area contributed by atoms with Crippen molar-refractivity contribution in [2.75, 3.05) is 17.1 Å². The van der Waals surface area contributed by atoms with Crippen molar-refractivity contribution >= 4 is 62.3 Å². The lowest BCUT2D eigenvalue weighted by Gasteiger charge is -2.33. The standard InChI is InChI=1S/C25H32Cl3N3O4S/c1-6-17(4)29-25(33)22(7-2)30(14-18-9-11-20(27)21(28)12-18)24(32)15-31(36(5,34)35)23-13-19(26)10-8-16(23)3/h8-13,17,22H,6-7,14-15H2,1-5H3,(H,29,33)/t17-,22-/m1/s1. The summed E-state index contributed by atoms with van der Waals surface area (Å²) in [6, 6.07) is 8.86. The Labute approximate surface area is 228 Å². The van der Waals surface area contributed by atoms with Gasteiger partial charge in [0.15, 0.2) is 0 Å². The minimum absolute atomic E-state index is 0.0360. The number of amides is 2. The van der Waals surface area contributed by atoms with Crippen molar-refractivity contribution in [1.82, 2.24) is 10.2 Å². The Morgan fingerprint density at radius 3 is 2.22 bits per heavy atom. The average molecular weight is 577 g/mol. The molecule has 0 saturated carbocycles. The first-order chi connectivity index (χ1) is 16.8. The highest BCUT2D eigenvalue weighted by atomic mass is 35.5. The molecule has 0 heterocycles. The SMILES string of the molecule is CC[C@@H](C)NC(=O)[C@@H](CC)N(Cc1ccc(Cl)c(Cl)c1)C(=O)CN(c1cc(Cl)ccc1C)S(C)(=O)=O. The van der Waals surface area contributed by atoms with Gasteiger partial charge in [-0.3, -0.25) is 13.9 Å². The smallest absolute Gasteiger partial charge is 0.244 e. The Morgan fingerprint density at radius 1 is 1.00 bits per heavy atom. The van der Waals surface area contributed by atoms with Gasteiger partial charge in [-0.1, -0.05) is 60.8 Å². The van der Waals surface area contributed by atoms with Crippen LogP contribution in [0.3, 0.4) is 0 Å². The lowest BCUT2D eigenvalue weighted by molar-refractivity contribution is -0.140. The second-order valence-electron chi connectivity index (χ2n) is 8.71. The summed E-state index contributed by atoms with van der Waals surface area (Å²) in [5, 5.41) is 3.93. The van der Waals surface area contributed by atoms with Crippen molar-refractivity contribution in [1.29, 1.82) is 0 Å². The van der Waals surface area contributed by atoms with Gasteiger partial charge < -0.3 is 10.2 Å². The number of anilines is 1. The van der Waals surface area contributed by atoms with Gasteiger partial charge in [0, 0.05) is 17.6 Å². The number of nitrogens with one attached hydrogen (secondary N) is 1. The predicted octanol–water partition coefficient (Wildman–Crippen LogP) is 5.44. The van der Waals surface area contributed by atoms with Crippen molar-refractivity contribution in [3.63, 3.8) is 0 Å². The molecule has 0 saturated heterocycles. The number of hydrogen-bond donors (Lipinski definition) is 1. The molecule has 0 spiro atoms. The molecule has 7 nitrogen and oxygen atoms in total. The Morgan fingerprint density at radius 2 is 1.67 bits per heavy atom. The van der Waals surface area contributed by atoms with E-state index >= 15 is 0 Å². The maximum Gasteiger partial charge on any atom is 0.244 e. The topological polar surface area (TPSA) is 86.8 Å². The van der Waals surface area contributed by atoms with Gasteiger partial charge in [0.2, 0.25) is 21.8 Å². The first-order valence-corrected chi connectivity index (χ1v) is 14.5. The first-order valence-electron chi connectivity index (χ1n) is 11.6. The summed E-state index contributed by atoms with van der Waals surface area (Å²) in [7, 11) is -3.86. The molecule has 0 aromatic heterocycles. The molecule has 11 heteroatoms. The van der Waals surface area contributed by atoms with Crippen LogP contribution in [0, 0.1) is 6.92 Å². The number of nitrogens with zero attached hydrogens (tertiary/aromatic N) is 2. The number of benzene rings is 2. The Hall–Kier alpha value is -2.00. The third kappa shape index (κ3) is 8.00. The summed E-state index contributed by atoms with van der Waals surface area (Å²) >= 11 is 18.4. The van der Waals surface area contributed by atoms with Crippen molar-refractivity contribution in [3.8, 4) is 0 Å². The van der Waals surface area contributed by atoms with Gasteiger partial charge in [-0.25, -0.2) is 8.42 Å². The van der Waals surface area contributed by atoms with Crippen molar-refractivity contribution in [2.45, 2.75) is 59.2 Å². The van der Waals surface area contributed by atoms with Crippen molar-refractivity contribution < 1.29 is 18.0 Å². The van der Waals surface area contributed by atoms with Crippen LogP contribution in [0.15, 0.2) is 36.4 Å². The molecule has 36 heavy (non-hydrogen) atoms. The van der Waals surface area contributed by atoms with Crippen molar-refractivity contribution in [3.05, 3.63) is 62.6 Å². The molecule has 0 bridgehead atoms. The zero-order valence-corrected chi connectivity index (χ0v) is 24.1. The fourth-order valence-corrected chi connectivity index (χ4v) is 5.03. The van der Waals surface area contributed by atoms with Gasteiger partial charge in [0.05, 0.1) is 22.0 Å². The number of carbonyl (C=O) groups is 2. The van der Waals surface area contributed by atoms with Gasteiger partial charge in [0.1, 0.15) is 12.6 Å². The third-order valence-corrected chi connectivity index (χ3v) is 7.94. The number of halogens is 3. The molecule has 2 atom stereocenters. The quantitative estimate of drug-likeness (QED) is 0.386. The minimum atomic E-state index is -3.86. The predicted molar refractivity (Wildman–Crippen MR) is 147 cm³/mol. The molecule has 0 aliphatic heterocycles. The van der Waals surface area contributed by atoms with E-state index in [1.807, 2.05) is 13.8 Å². The molecular formula is C25H32Cl3N3O4S. The number of hydrogen-bond acceptors (Lipinski definition) is 4. The van der Waals surface area contributed by atoms with E-state index in [2.05, 4.69) is 5.32 Å². The number of sulfonamides is 1. The molecule has 0 unspecified atom stereocenters. The van der Waals surface area contributed by atoms with Crippen LogP contribution in [0.2, 0.25) is 15.1 Å². The third-order valence-electron chi connectivity index (χ3n) is 5.84. The second-order valence-corrected chi connectivity index (χ2v) is 11.9. The summed E-state index contributed by atoms with van der Waals surface area (Å²) in [6.07, 6.45) is 2.07.